The molecule has 2 aromatic heterocycles. The van der Waals surface area contributed by atoms with E-state index in [2.05, 4.69) is 15.5 Å². The van der Waals surface area contributed by atoms with Crippen molar-refractivity contribution in [2.24, 2.45) is 0 Å². The molecule has 0 aliphatic carbocycles. The van der Waals surface area contributed by atoms with Crippen molar-refractivity contribution in [3.63, 3.8) is 0 Å². The molecule has 0 fully saturated rings. The molecule has 1 atom stereocenters. The standard InChI is InChI=1S/C19H19N3O3/c1-12(18-13(2)22-25-14(18)3)19(23)21-15-9-10-20-17(11-15)24-16-7-5-4-6-8-16/h4-12H,1-3H3,(H,20,21,23). The molecule has 0 saturated heterocycles. The van der Waals surface area contributed by atoms with Crippen molar-refractivity contribution < 1.29 is 14.1 Å². The zero-order valence-corrected chi connectivity index (χ0v) is 14.3. The van der Waals surface area contributed by atoms with Crippen molar-refractivity contribution in [2.45, 2.75) is 26.7 Å². The number of pyridine rings is 1. The Morgan fingerprint density at radius 2 is 1.96 bits per heavy atom. The number of aromatic nitrogens is 2. The van der Waals surface area contributed by atoms with Crippen molar-refractivity contribution in [3.05, 3.63) is 65.7 Å². The first-order valence-electron chi connectivity index (χ1n) is 7.97. The van der Waals surface area contributed by atoms with Gasteiger partial charge < -0.3 is 14.6 Å². The number of para-hydroxylation sites is 1. The summed E-state index contributed by atoms with van der Waals surface area (Å²) in [4.78, 5) is 16.7. The van der Waals surface area contributed by atoms with E-state index >= 15 is 0 Å². The van der Waals surface area contributed by atoms with Crippen LogP contribution in [0.1, 0.15) is 29.9 Å². The number of aryl methyl sites for hydroxylation is 2. The van der Waals surface area contributed by atoms with Gasteiger partial charge in [-0.2, -0.15) is 0 Å². The Hall–Kier alpha value is -3.15. The van der Waals surface area contributed by atoms with Crippen LogP contribution in [-0.2, 0) is 4.79 Å². The topological polar surface area (TPSA) is 77.3 Å². The highest BCUT2D eigenvalue weighted by Gasteiger charge is 2.23. The molecular weight excluding hydrogens is 318 g/mol. The van der Waals surface area contributed by atoms with E-state index < -0.39 is 0 Å². The summed E-state index contributed by atoms with van der Waals surface area (Å²) in [6, 6.07) is 12.8. The van der Waals surface area contributed by atoms with Crippen molar-refractivity contribution in [1.29, 1.82) is 0 Å². The van der Waals surface area contributed by atoms with Gasteiger partial charge in [-0.05, 0) is 39.0 Å². The van der Waals surface area contributed by atoms with Crippen LogP contribution in [-0.4, -0.2) is 16.0 Å². The molecule has 0 bridgehead atoms. The van der Waals surface area contributed by atoms with Gasteiger partial charge in [-0.15, -0.1) is 0 Å². The number of ether oxygens (including phenoxy) is 1. The Bertz CT molecular complexity index is 855. The second-order valence-electron chi connectivity index (χ2n) is 5.75. The number of carbonyl (C=O) groups excluding carboxylic acids is 1. The molecule has 1 amide bonds. The Kier molecular flexibility index (Phi) is 4.79. The number of anilines is 1. The lowest BCUT2D eigenvalue weighted by Gasteiger charge is -2.12. The molecule has 0 saturated carbocycles. The second-order valence-corrected chi connectivity index (χ2v) is 5.75. The minimum Gasteiger partial charge on any atom is -0.439 e. The molecule has 2 heterocycles. The van der Waals surface area contributed by atoms with Crippen LogP contribution in [0.4, 0.5) is 5.69 Å². The average molecular weight is 337 g/mol. The molecule has 0 spiro atoms. The van der Waals surface area contributed by atoms with Crippen LogP contribution in [0.3, 0.4) is 0 Å². The minimum absolute atomic E-state index is 0.147. The number of amides is 1. The number of carbonyl (C=O) groups is 1. The van der Waals surface area contributed by atoms with E-state index in [0.29, 0.717) is 23.1 Å². The highest BCUT2D eigenvalue weighted by molar-refractivity contribution is 5.95. The van der Waals surface area contributed by atoms with E-state index in [1.165, 1.54) is 0 Å². The van der Waals surface area contributed by atoms with E-state index in [-0.39, 0.29) is 11.8 Å². The molecule has 6 heteroatoms. The molecule has 0 radical (unpaired) electrons. The maximum atomic E-state index is 12.5. The lowest BCUT2D eigenvalue weighted by Crippen LogP contribution is -2.19. The third kappa shape index (κ3) is 3.85. The number of nitrogens with one attached hydrogen (secondary N) is 1. The van der Waals surface area contributed by atoms with Crippen LogP contribution in [0.25, 0.3) is 0 Å². The summed E-state index contributed by atoms with van der Waals surface area (Å²) in [5.41, 5.74) is 2.15. The molecule has 0 aliphatic rings. The molecule has 0 aliphatic heterocycles. The molecule has 3 rings (SSSR count). The average Bonchev–Trinajstić information content (AvgIpc) is 2.94. The van der Waals surface area contributed by atoms with Gasteiger partial charge in [0.1, 0.15) is 11.5 Å². The van der Waals surface area contributed by atoms with Crippen molar-refractivity contribution in [3.8, 4) is 11.6 Å². The molecule has 3 aromatic rings. The van der Waals surface area contributed by atoms with Gasteiger partial charge in [-0.25, -0.2) is 4.98 Å². The maximum absolute atomic E-state index is 12.5. The van der Waals surface area contributed by atoms with Crippen molar-refractivity contribution >= 4 is 11.6 Å². The Morgan fingerprint density at radius 1 is 1.20 bits per heavy atom. The zero-order chi connectivity index (χ0) is 17.8. The predicted molar refractivity (Wildman–Crippen MR) is 93.8 cm³/mol. The number of nitrogens with zero attached hydrogens (tertiary/aromatic N) is 2. The number of hydrogen-bond donors (Lipinski definition) is 1. The fraction of sp³-hybridized carbons (Fsp3) is 0.211. The van der Waals surface area contributed by atoms with E-state index in [0.717, 1.165) is 11.3 Å². The van der Waals surface area contributed by atoms with Crippen LogP contribution >= 0.6 is 0 Å². The first-order chi connectivity index (χ1) is 12.0. The van der Waals surface area contributed by atoms with E-state index in [4.69, 9.17) is 9.26 Å². The fourth-order valence-electron chi connectivity index (χ4n) is 2.64. The zero-order valence-electron chi connectivity index (χ0n) is 14.3. The van der Waals surface area contributed by atoms with Gasteiger partial charge in [0.15, 0.2) is 0 Å². The van der Waals surface area contributed by atoms with E-state index in [1.54, 1.807) is 25.3 Å². The molecule has 1 N–H and O–H groups in total. The Labute approximate surface area is 145 Å². The van der Waals surface area contributed by atoms with Gasteiger partial charge in [0.25, 0.3) is 0 Å². The maximum Gasteiger partial charge on any atom is 0.231 e. The van der Waals surface area contributed by atoms with Crippen LogP contribution in [0, 0.1) is 13.8 Å². The van der Waals surface area contributed by atoms with Gasteiger partial charge >= 0.3 is 0 Å². The molecule has 1 unspecified atom stereocenters. The first-order valence-corrected chi connectivity index (χ1v) is 7.97. The molecule has 1 aromatic carbocycles. The van der Waals surface area contributed by atoms with Crippen LogP contribution in [0.5, 0.6) is 11.6 Å². The first kappa shape index (κ1) is 16.7. The van der Waals surface area contributed by atoms with E-state index in [9.17, 15) is 4.79 Å². The summed E-state index contributed by atoms with van der Waals surface area (Å²) in [6.45, 7) is 5.45. The quantitative estimate of drug-likeness (QED) is 0.754. The van der Waals surface area contributed by atoms with Gasteiger partial charge in [-0.3, -0.25) is 4.79 Å². The summed E-state index contributed by atoms with van der Waals surface area (Å²) in [5.74, 6) is 1.23. The predicted octanol–water partition coefficient (Wildman–Crippen LogP) is 4.22. The summed E-state index contributed by atoms with van der Waals surface area (Å²) in [7, 11) is 0. The monoisotopic (exact) mass is 337 g/mol. The van der Waals surface area contributed by atoms with Crippen LogP contribution in [0.2, 0.25) is 0 Å². The van der Waals surface area contributed by atoms with Gasteiger partial charge in [0.05, 0.1) is 11.6 Å². The second kappa shape index (κ2) is 7.17. The fourth-order valence-corrected chi connectivity index (χ4v) is 2.64. The van der Waals surface area contributed by atoms with Crippen LogP contribution < -0.4 is 10.1 Å². The summed E-state index contributed by atoms with van der Waals surface area (Å²) < 4.78 is 10.8. The van der Waals surface area contributed by atoms with Gasteiger partial charge in [0.2, 0.25) is 11.8 Å². The lowest BCUT2D eigenvalue weighted by atomic mass is 9.98. The third-order valence-electron chi connectivity index (χ3n) is 3.88. The van der Waals surface area contributed by atoms with Crippen LogP contribution in [0.15, 0.2) is 53.2 Å². The van der Waals surface area contributed by atoms with E-state index in [1.807, 2.05) is 44.2 Å². The minimum atomic E-state index is -0.377. The normalized spacial score (nSPS) is 11.8. The summed E-state index contributed by atoms with van der Waals surface area (Å²) in [5, 5.41) is 6.78. The van der Waals surface area contributed by atoms with Crippen molar-refractivity contribution in [1.82, 2.24) is 10.1 Å². The summed E-state index contributed by atoms with van der Waals surface area (Å²) in [6.07, 6.45) is 1.59. The SMILES string of the molecule is Cc1noc(C)c1C(C)C(=O)Nc1ccnc(Oc2ccccc2)c1. The molecule has 25 heavy (non-hydrogen) atoms. The highest BCUT2D eigenvalue weighted by Crippen LogP contribution is 2.26. The molecular formula is C19H19N3O3. The van der Waals surface area contributed by atoms with Crippen molar-refractivity contribution in [2.75, 3.05) is 5.32 Å². The number of hydrogen-bond acceptors (Lipinski definition) is 5. The molecule has 6 nitrogen and oxygen atoms in total. The number of benzene rings is 1. The third-order valence-corrected chi connectivity index (χ3v) is 3.88. The number of rotatable bonds is 5. The summed E-state index contributed by atoms with van der Waals surface area (Å²) >= 11 is 0. The van der Waals surface area contributed by atoms with Gasteiger partial charge in [-0.1, -0.05) is 23.4 Å². The smallest absolute Gasteiger partial charge is 0.231 e. The lowest BCUT2D eigenvalue weighted by molar-refractivity contribution is -0.117. The Morgan fingerprint density at radius 3 is 2.64 bits per heavy atom. The Balaban J connectivity index is 1.72. The largest absolute Gasteiger partial charge is 0.439 e. The highest BCUT2D eigenvalue weighted by atomic mass is 16.5. The molecule has 128 valence electrons. The van der Waals surface area contributed by atoms with Gasteiger partial charge in [0, 0.05) is 23.5 Å².